The van der Waals surface area contributed by atoms with Gasteiger partial charge in [0.05, 0.1) is 6.20 Å². The molecule has 0 aliphatic heterocycles. The van der Waals surface area contributed by atoms with Gasteiger partial charge in [-0.15, -0.1) is 0 Å². The zero-order chi connectivity index (χ0) is 9.47. The highest BCUT2D eigenvalue weighted by atomic mass is 15.2. The zero-order valence-corrected chi connectivity index (χ0v) is 8.54. The van der Waals surface area contributed by atoms with Crippen molar-refractivity contribution >= 4 is 0 Å². The molecule has 1 fully saturated rings. The molecule has 3 nitrogen and oxygen atoms in total. The summed E-state index contributed by atoms with van der Waals surface area (Å²) >= 11 is 0. The normalized spacial score (nSPS) is 21.5. The first kappa shape index (κ1) is 8.75. The summed E-state index contributed by atoms with van der Waals surface area (Å²) in [6.45, 7) is 2.33. The summed E-state index contributed by atoms with van der Waals surface area (Å²) in [6.07, 6.45) is 6.72. The van der Waals surface area contributed by atoms with E-state index in [2.05, 4.69) is 23.5 Å². The molecule has 0 spiro atoms. The third-order valence-electron chi connectivity index (χ3n) is 3.08. The van der Waals surface area contributed by atoms with E-state index < -0.39 is 0 Å². The minimum Gasteiger partial charge on any atom is -0.312 e. The summed E-state index contributed by atoms with van der Waals surface area (Å²) in [4.78, 5) is 0. The second-order valence-corrected chi connectivity index (χ2v) is 4.32. The summed E-state index contributed by atoms with van der Waals surface area (Å²) in [5.74, 6) is 0. The van der Waals surface area contributed by atoms with Crippen LogP contribution in [0.25, 0.3) is 0 Å². The second-order valence-electron chi connectivity index (χ2n) is 4.32. The molecule has 1 unspecified atom stereocenters. The summed E-state index contributed by atoms with van der Waals surface area (Å²) < 4.78 is 1.87. The third-order valence-corrected chi connectivity index (χ3v) is 3.08. The Morgan fingerprint density at radius 3 is 2.69 bits per heavy atom. The molecule has 1 aliphatic carbocycles. The first-order valence-corrected chi connectivity index (χ1v) is 4.81. The van der Waals surface area contributed by atoms with Gasteiger partial charge < -0.3 is 5.32 Å². The number of hydrogen-bond donors (Lipinski definition) is 1. The Labute approximate surface area is 79.1 Å². The Balaban J connectivity index is 2.22. The Bertz CT molecular complexity index is 299. The molecule has 0 radical (unpaired) electrons. The standard InChI is InChI=1S/C10H17N3/c1-10(4-5-10)9(11-2)8-6-12-13(3)7-8/h6-7,9,11H,4-5H2,1-3H3. The van der Waals surface area contributed by atoms with Crippen molar-refractivity contribution in [2.24, 2.45) is 12.5 Å². The number of rotatable bonds is 3. The SMILES string of the molecule is CNC(c1cnn(C)c1)C1(C)CC1. The van der Waals surface area contributed by atoms with Crippen LogP contribution in [-0.2, 0) is 7.05 Å². The van der Waals surface area contributed by atoms with E-state index in [0.717, 1.165) is 0 Å². The van der Waals surface area contributed by atoms with E-state index in [1.807, 2.05) is 25.0 Å². The van der Waals surface area contributed by atoms with Gasteiger partial charge in [-0.3, -0.25) is 4.68 Å². The minimum atomic E-state index is 0.470. The molecule has 0 bridgehead atoms. The van der Waals surface area contributed by atoms with Gasteiger partial charge in [0.25, 0.3) is 0 Å². The van der Waals surface area contributed by atoms with Gasteiger partial charge in [-0.1, -0.05) is 6.92 Å². The van der Waals surface area contributed by atoms with E-state index in [1.165, 1.54) is 18.4 Å². The molecule has 1 aromatic heterocycles. The lowest BCUT2D eigenvalue weighted by atomic mass is 9.94. The van der Waals surface area contributed by atoms with Crippen molar-refractivity contribution in [3.05, 3.63) is 18.0 Å². The second kappa shape index (κ2) is 2.84. The van der Waals surface area contributed by atoms with Crippen molar-refractivity contribution < 1.29 is 0 Å². The number of aryl methyl sites for hydroxylation is 1. The molecule has 2 rings (SSSR count). The maximum Gasteiger partial charge on any atom is 0.0537 e. The molecule has 1 atom stereocenters. The fraction of sp³-hybridized carbons (Fsp3) is 0.700. The number of hydrogen-bond acceptors (Lipinski definition) is 2. The monoisotopic (exact) mass is 179 g/mol. The average molecular weight is 179 g/mol. The molecule has 1 aliphatic rings. The largest absolute Gasteiger partial charge is 0.312 e. The van der Waals surface area contributed by atoms with Gasteiger partial charge in [0.2, 0.25) is 0 Å². The van der Waals surface area contributed by atoms with Gasteiger partial charge >= 0.3 is 0 Å². The van der Waals surface area contributed by atoms with Crippen molar-refractivity contribution in [2.75, 3.05) is 7.05 Å². The molecule has 0 saturated heterocycles. The van der Waals surface area contributed by atoms with Crippen LogP contribution in [0.2, 0.25) is 0 Å². The van der Waals surface area contributed by atoms with Crippen LogP contribution in [0.1, 0.15) is 31.4 Å². The quantitative estimate of drug-likeness (QED) is 0.761. The van der Waals surface area contributed by atoms with E-state index in [-0.39, 0.29) is 0 Å². The summed E-state index contributed by atoms with van der Waals surface area (Å²) in [7, 11) is 3.99. The molecular formula is C10H17N3. The maximum atomic E-state index is 4.20. The van der Waals surface area contributed by atoms with Crippen LogP contribution in [-0.4, -0.2) is 16.8 Å². The maximum absolute atomic E-state index is 4.20. The molecule has 1 aromatic rings. The number of nitrogens with zero attached hydrogens (tertiary/aromatic N) is 2. The van der Waals surface area contributed by atoms with Crippen LogP contribution in [0.15, 0.2) is 12.4 Å². The van der Waals surface area contributed by atoms with Gasteiger partial charge in [0.1, 0.15) is 0 Å². The van der Waals surface area contributed by atoms with E-state index in [1.54, 1.807) is 0 Å². The molecule has 13 heavy (non-hydrogen) atoms. The smallest absolute Gasteiger partial charge is 0.0537 e. The fourth-order valence-corrected chi connectivity index (χ4v) is 1.99. The molecule has 1 N–H and O–H groups in total. The molecular weight excluding hydrogens is 162 g/mol. The average Bonchev–Trinajstić information content (AvgIpc) is 2.67. The van der Waals surface area contributed by atoms with Crippen molar-refractivity contribution in [1.29, 1.82) is 0 Å². The molecule has 1 saturated carbocycles. The Morgan fingerprint density at radius 2 is 2.31 bits per heavy atom. The highest BCUT2D eigenvalue weighted by molar-refractivity contribution is 5.17. The van der Waals surface area contributed by atoms with Gasteiger partial charge in [-0.2, -0.15) is 5.10 Å². The highest BCUT2D eigenvalue weighted by Crippen LogP contribution is 2.54. The molecule has 3 heteroatoms. The molecule has 1 heterocycles. The zero-order valence-electron chi connectivity index (χ0n) is 8.54. The first-order chi connectivity index (χ1) is 6.15. The predicted molar refractivity (Wildman–Crippen MR) is 52.3 cm³/mol. The van der Waals surface area contributed by atoms with Crippen LogP contribution < -0.4 is 5.32 Å². The molecule has 0 amide bonds. The summed E-state index contributed by atoms with van der Waals surface area (Å²) in [5, 5.41) is 7.58. The van der Waals surface area contributed by atoms with Crippen LogP contribution in [0.5, 0.6) is 0 Å². The third kappa shape index (κ3) is 1.48. The Hall–Kier alpha value is -0.830. The minimum absolute atomic E-state index is 0.470. The molecule has 0 aromatic carbocycles. The van der Waals surface area contributed by atoms with Gasteiger partial charge in [0, 0.05) is 24.8 Å². The lowest BCUT2D eigenvalue weighted by molar-refractivity contribution is 0.390. The topological polar surface area (TPSA) is 29.9 Å². The van der Waals surface area contributed by atoms with Crippen molar-refractivity contribution in [2.45, 2.75) is 25.8 Å². The lowest BCUT2D eigenvalue weighted by Crippen LogP contribution is -2.24. The van der Waals surface area contributed by atoms with Gasteiger partial charge in [0.15, 0.2) is 0 Å². The van der Waals surface area contributed by atoms with E-state index >= 15 is 0 Å². The number of nitrogens with one attached hydrogen (secondary N) is 1. The van der Waals surface area contributed by atoms with E-state index in [4.69, 9.17) is 0 Å². The lowest BCUT2D eigenvalue weighted by Gasteiger charge is -2.21. The highest BCUT2D eigenvalue weighted by Gasteiger charge is 2.45. The first-order valence-electron chi connectivity index (χ1n) is 4.81. The fourth-order valence-electron chi connectivity index (χ4n) is 1.99. The van der Waals surface area contributed by atoms with Crippen LogP contribution in [0.4, 0.5) is 0 Å². The van der Waals surface area contributed by atoms with E-state index in [0.29, 0.717) is 11.5 Å². The van der Waals surface area contributed by atoms with Crippen molar-refractivity contribution in [1.82, 2.24) is 15.1 Å². The van der Waals surface area contributed by atoms with Crippen LogP contribution in [0.3, 0.4) is 0 Å². The molecule has 72 valence electrons. The van der Waals surface area contributed by atoms with Crippen molar-refractivity contribution in [3.8, 4) is 0 Å². The van der Waals surface area contributed by atoms with Crippen molar-refractivity contribution in [3.63, 3.8) is 0 Å². The summed E-state index contributed by atoms with van der Waals surface area (Å²) in [5.41, 5.74) is 1.78. The predicted octanol–water partition coefficient (Wildman–Crippen LogP) is 1.48. The Kier molecular flexibility index (Phi) is 1.91. The van der Waals surface area contributed by atoms with E-state index in [9.17, 15) is 0 Å². The number of aromatic nitrogens is 2. The van der Waals surface area contributed by atoms with Gasteiger partial charge in [-0.25, -0.2) is 0 Å². The summed E-state index contributed by atoms with van der Waals surface area (Å²) in [6, 6.07) is 0.473. The van der Waals surface area contributed by atoms with Gasteiger partial charge in [-0.05, 0) is 25.3 Å². The van der Waals surface area contributed by atoms with Crippen LogP contribution in [0, 0.1) is 5.41 Å². The van der Waals surface area contributed by atoms with Crippen LogP contribution >= 0.6 is 0 Å². The Morgan fingerprint density at radius 1 is 1.62 bits per heavy atom.